The van der Waals surface area contributed by atoms with Gasteiger partial charge in [0.2, 0.25) is 5.91 Å². The Morgan fingerprint density at radius 2 is 0.887 bits per heavy atom. The molecule has 0 spiro atoms. The molecular formula is C53H103N2O6P. The highest BCUT2D eigenvalue weighted by molar-refractivity contribution is 7.47. The summed E-state index contributed by atoms with van der Waals surface area (Å²) in [5.41, 5.74) is 5.40. The number of hydrogen-bond acceptors (Lipinski definition) is 6. The molecule has 5 N–H and O–H groups in total. The highest BCUT2D eigenvalue weighted by atomic mass is 31.2. The number of unbranched alkanes of at least 4 members (excludes halogenated alkanes) is 34. The molecule has 3 atom stereocenters. The van der Waals surface area contributed by atoms with E-state index in [0.717, 1.165) is 44.9 Å². The smallest absolute Gasteiger partial charge is 0.387 e. The van der Waals surface area contributed by atoms with Gasteiger partial charge in [-0.25, -0.2) is 4.57 Å². The van der Waals surface area contributed by atoms with Crippen LogP contribution in [0.15, 0.2) is 36.5 Å². The average Bonchev–Trinajstić information content (AvgIpc) is 3.26. The van der Waals surface area contributed by atoms with Gasteiger partial charge in [-0.15, -0.1) is 0 Å². The van der Waals surface area contributed by atoms with Crippen molar-refractivity contribution in [1.29, 1.82) is 0 Å². The Kier molecular flexibility index (Phi) is 48.1. The fourth-order valence-electron chi connectivity index (χ4n) is 7.93. The molecule has 366 valence electrons. The van der Waals surface area contributed by atoms with Crippen molar-refractivity contribution >= 4 is 13.7 Å². The number of aliphatic hydroxyl groups excluding tert-OH is 1. The molecule has 0 aliphatic heterocycles. The lowest BCUT2D eigenvalue weighted by Crippen LogP contribution is -2.45. The molecule has 0 fully saturated rings. The van der Waals surface area contributed by atoms with E-state index in [1.807, 2.05) is 6.08 Å². The number of phosphoric ester groups is 1. The number of carbonyl (C=O) groups excluding carboxylic acids is 1. The van der Waals surface area contributed by atoms with Gasteiger partial charge in [0.1, 0.15) is 0 Å². The van der Waals surface area contributed by atoms with E-state index in [4.69, 9.17) is 14.8 Å². The van der Waals surface area contributed by atoms with Crippen molar-refractivity contribution < 1.29 is 28.4 Å². The van der Waals surface area contributed by atoms with Gasteiger partial charge in [-0.1, -0.05) is 243 Å². The predicted molar refractivity (Wildman–Crippen MR) is 268 cm³/mol. The van der Waals surface area contributed by atoms with Crippen molar-refractivity contribution in [1.82, 2.24) is 5.32 Å². The molecule has 3 unspecified atom stereocenters. The molecule has 0 aromatic heterocycles. The van der Waals surface area contributed by atoms with Crippen LogP contribution < -0.4 is 11.1 Å². The molecule has 8 nitrogen and oxygen atoms in total. The van der Waals surface area contributed by atoms with Gasteiger partial charge in [0.25, 0.3) is 0 Å². The molecule has 0 saturated heterocycles. The Labute approximate surface area is 384 Å². The Morgan fingerprint density at radius 1 is 0.532 bits per heavy atom. The van der Waals surface area contributed by atoms with Gasteiger partial charge in [0.05, 0.1) is 25.4 Å². The van der Waals surface area contributed by atoms with Crippen LogP contribution in [-0.4, -0.2) is 47.8 Å². The number of phosphoric acid groups is 1. The SMILES string of the molecule is CCCCCCC/C=C\C/C=C\CCCCCCCCCCCCCC(=O)NC(COP(=O)(O)OCCN)C(O)/C=C/CCCCCCCCCCCCCCCCCCCC. The normalized spacial score (nSPS) is 14.1. The van der Waals surface area contributed by atoms with Crippen molar-refractivity contribution in [2.45, 2.75) is 276 Å². The molecule has 0 bridgehead atoms. The van der Waals surface area contributed by atoms with E-state index in [1.165, 1.54) is 199 Å². The molecule has 0 aliphatic rings. The van der Waals surface area contributed by atoms with E-state index in [-0.39, 0.29) is 25.7 Å². The summed E-state index contributed by atoms with van der Waals surface area (Å²) >= 11 is 0. The number of nitrogens with one attached hydrogen (secondary N) is 1. The first-order chi connectivity index (χ1) is 30.4. The van der Waals surface area contributed by atoms with Crippen LogP contribution in [-0.2, 0) is 18.4 Å². The van der Waals surface area contributed by atoms with Crippen LogP contribution in [0, 0.1) is 0 Å². The fourth-order valence-corrected chi connectivity index (χ4v) is 8.69. The number of aliphatic hydroxyl groups is 1. The summed E-state index contributed by atoms with van der Waals surface area (Å²) in [5.74, 6) is -0.193. The summed E-state index contributed by atoms with van der Waals surface area (Å²) in [4.78, 5) is 22.8. The van der Waals surface area contributed by atoms with Crippen LogP contribution >= 0.6 is 7.82 Å². The highest BCUT2D eigenvalue weighted by Crippen LogP contribution is 2.43. The summed E-state index contributed by atoms with van der Waals surface area (Å²) in [6.07, 6.45) is 60.6. The van der Waals surface area contributed by atoms with Crippen LogP contribution in [0.3, 0.4) is 0 Å². The summed E-state index contributed by atoms with van der Waals surface area (Å²) < 4.78 is 22.2. The zero-order valence-corrected chi connectivity index (χ0v) is 41.8. The standard InChI is InChI=1S/C53H103N2O6P/c1-3-5-7-9-11-13-15-17-19-21-23-25-26-27-29-31-33-35-37-39-41-43-45-47-53(57)55-51(50-61-62(58,59)60-49-48-54)52(56)46-44-42-40-38-36-34-32-30-28-24-22-20-18-16-14-12-10-8-6-4-2/h15,17,21,23,44,46,51-52,56H,3-14,16,18-20,22,24-43,45,47-50,54H2,1-2H3,(H,55,57)(H,58,59)/b17-15-,23-21-,46-44+. The monoisotopic (exact) mass is 895 g/mol. The summed E-state index contributed by atoms with van der Waals surface area (Å²) in [6.45, 7) is 4.16. The van der Waals surface area contributed by atoms with Gasteiger partial charge in [-0.2, -0.15) is 0 Å². The minimum atomic E-state index is -4.35. The second-order valence-corrected chi connectivity index (χ2v) is 19.5. The first kappa shape index (κ1) is 60.7. The topological polar surface area (TPSA) is 131 Å². The number of allylic oxidation sites excluding steroid dienone is 5. The van der Waals surface area contributed by atoms with Gasteiger partial charge in [0, 0.05) is 13.0 Å². The number of hydrogen-bond donors (Lipinski definition) is 4. The first-order valence-electron chi connectivity index (χ1n) is 26.6. The highest BCUT2D eigenvalue weighted by Gasteiger charge is 2.26. The van der Waals surface area contributed by atoms with Crippen molar-refractivity contribution in [3.8, 4) is 0 Å². The number of amides is 1. The maximum atomic E-state index is 12.8. The number of rotatable bonds is 50. The maximum absolute atomic E-state index is 12.8. The number of carbonyl (C=O) groups is 1. The van der Waals surface area contributed by atoms with Crippen molar-refractivity contribution in [3.05, 3.63) is 36.5 Å². The van der Waals surface area contributed by atoms with E-state index >= 15 is 0 Å². The third kappa shape index (κ3) is 46.7. The molecule has 1 amide bonds. The Morgan fingerprint density at radius 3 is 1.27 bits per heavy atom. The lowest BCUT2D eigenvalue weighted by atomic mass is 10.0. The second-order valence-electron chi connectivity index (χ2n) is 18.1. The summed E-state index contributed by atoms with van der Waals surface area (Å²) in [6, 6.07) is -0.862. The van der Waals surface area contributed by atoms with Gasteiger partial charge in [0.15, 0.2) is 0 Å². The predicted octanol–water partition coefficient (Wildman–Crippen LogP) is 15.8. The first-order valence-corrected chi connectivity index (χ1v) is 28.1. The zero-order chi connectivity index (χ0) is 45.3. The van der Waals surface area contributed by atoms with Gasteiger partial charge in [-0.05, 0) is 51.4 Å². The van der Waals surface area contributed by atoms with E-state index in [9.17, 15) is 19.4 Å². The van der Waals surface area contributed by atoms with Crippen LogP contribution in [0.25, 0.3) is 0 Å². The van der Waals surface area contributed by atoms with Gasteiger partial charge in [-0.3, -0.25) is 13.8 Å². The molecule has 0 rings (SSSR count). The van der Waals surface area contributed by atoms with Crippen molar-refractivity contribution in [2.24, 2.45) is 5.73 Å². The van der Waals surface area contributed by atoms with Crippen LogP contribution in [0.2, 0.25) is 0 Å². The minimum Gasteiger partial charge on any atom is -0.387 e. The zero-order valence-electron chi connectivity index (χ0n) is 40.9. The van der Waals surface area contributed by atoms with Crippen LogP contribution in [0.5, 0.6) is 0 Å². The summed E-state index contributed by atoms with van der Waals surface area (Å²) in [5, 5.41) is 13.8. The minimum absolute atomic E-state index is 0.0785. The molecule has 0 aromatic carbocycles. The molecule has 9 heteroatoms. The van der Waals surface area contributed by atoms with Crippen LogP contribution in [0.1, 0.15) is 264 Å². The molecule has 0 aliphatic carbocycles. The molecule has 0 heterocycles. The third-order valence-electron chi connectivity index (χ3n) is 12.0. The lowest BCUT2D eigenvalue weighted by molar-refractivity contribution is -0.123. The van der Waals surface area contributed by atoms with E-state index in [0.29, 0.717) is 6.42 Å². The van der Waals surface area contributed by atoms with Crippen LogP contribution in [0.4, 0.5) is 0 Å². The fraction of sp³-hybridized carbons (Fsp3) is 0.868. The number of nitrogens with two attached hydrogens (primary N) is 1. The van der Waals surface area contributed by atoms with Crippen molar-refractivity contribution in [2.75, 3.05) is 19.8 Å². The third-order valence-corrected chi connectivity index (χ3v) is 12.9. The second kappa shape index (κ2) is 49.2. The lowest BCUT2D eigenvalue weighted by Gasteiger charge is -2.23. The quantitative estimate of drug-likeness (QED) is 0.0272. The van der Waals surface area contributed by atoms with Crippen molar-refractivity contribution in [3.63, 3.8) is 0 Å². The van der Waals surface area contributed by atoms with Gasteiger partial charge >= 0.3 is 7.82 Å². The molecule has 62 heavy (non-hydrogen) atoms. The van der Waals surface area contributed by atoms with Gasteiger partial charge < -0.3 is 21.1 Å². The Hall–Kier alpha value is -1.28. The Bertz CT molecular complexity index is 1070. The van der Waals surface area contributed by atoms with E-state index < -0.39 is 20.0 Å². The maximum Gasteiger partial charge on any atom is 0.472 e. The van der Waals surface area contributed by atoms with E-state index in [1.54, 1.807) is 6.08 Å². The largest absolute Gasteiger partial charge is 0.472 e. The molecule has 0 aromatic rings. The molecular weight excluding hydrogens is 792 g/mol. The molecule has 0 saturated carbocycles. The molecule has 0 radical (unpaired) electrons. The summed E-state index contributed by atoms with van der Waals surface area (Å²) in [7, 11) is -4.35. The Balaban J connectivity index is 4.07. The van der Waals surface area contributed by atoms with E-state index in [2.05, 4.69) is 43.5 Å². The average molecular weight is 895 g/mol.